The van der Waals surface area contributed by atoms with Crippen LogP contribution in [0.15, 0.2) is 18.2 Å². The molecule has 2 heteroatoms. The van der Waals surface area contributed by atoms with Gasteiger partial charge in [-0.15, -0.1) is 0 Å². The highest BCUT2D eigenvalue weighted by molar-refractivity contribution is 5.35. The van der Waals surface area contributed by atoms with Crippen molar-refractivity contribution < 1.29 is 4.74 Å². The summed E-state index contributed by atoms with van der Waals surface area (Å²) < 4.78 is 5.37. The summed E-state index contributed by atoms with van der Waals surface area (Å²) in [6.07, 6.45) is 7.96. The number of ether oxygens (including phenoxy) is 1. The number of hydrogen-bond acceptors (Lipinski definition) is 2. The molecule has 0 heterocycles. The van der Waals surface area contributed by atoms with Crippen molar-refractivity contribution in [1.82, 2.24) is 5.32 Å². The highest BCUT2D eigenvalue weighted by Crippen LogP contribution is 2.34. The standard InChI is InChI=1S/C18H27NO/c1-13(19-18(12-20-2)15-8-9-15)16-10-7-14-5-3-4-6-17(14)11-16/h7,10-11,13,15,18-19H,3-6,8-9,12H2,1-2H3. The summed E-state index contributed by atoms with van der Waals surface area (Å²) in [5, 5.41) is 3.78. The molecule has 0 saturated heterocycles. The second kappa shape index (κ2) is 6.28. The normalized spacial score (nSPS) is 21.3. The average molecular weight is 273 g/mol. The van der Waals surface area contributed by atoms with E-state index >= 15 is 0 Å². The van der Waals surface area contributed by atoms with Crippen LogP contribution in [0, 0.1) is 5.92 Å². The first-order valence-corrected chi connectivity index (χ1v) is 8.14. The fourth-order valence-electron chi connectivity index (χ4n) is 3.44. The second-order valence-corrected chi connectivity index (χ2v) is 6.52. The third-order valence-corrected chi connectivity index (χ3v) is 4.87. The number of aryl methyl sites for hydroxylation is 2. The van der Waals surface area contributed by atoms with Crippen LogP contribution < -0.4 is 5.32 Å². The number of methoxy groups -OCH3 is 1. The molecule has 1 N–H and O–H groups in total. The van der Waals surface area contributed by atoms with Gasteiger partial charge in [-0.2, -0.15) is 0 Å². The topological polar surface area (TPSA) is 21.3 Å². The molecule has 1 fully saturated rings. The number of benzene rings is 1. The Labute approximate surface area is 122 Å². The van der Waals surface area contributed by atoms with Crippen molar-refractivity contribution in [2.24, 2.45) is 5.92 Å². The van der Waals surface area contributed by atoms with E-state index in [0.717, 1.165) is 12.5 Å². The molecule has 20 heavy (non-hydrogen) atoms. The lowest BCUT2D eigenvalue weighted by atomic mass is 9.89. The van der Waals surface area contributed by atoms with Crippen molar-refractivity contribution in [3.8, 4) is 0 Å². The average Bonchev–Trinajstić information content (AvgIpc) is 3.31. The van der Waals surface area contributed by atoms with Gasteiger partial charge in [-0.05, 0) is 68.1 Å². The maximum absolute atomic E-state index is 5.37. The minimum Gasteiger partial charge on any atom is -0.383 e. The molecular weight excluding hydrogens is 246 g/mol. The van der Waals surface area contributed by atoms with Crippen LogP contribution in [0.5, 0.6) is 0 Å². The summed E-state index contributed by atoms with van der Waals surface area (Å²) in [7, 11) is 1.81. The van der Waals surface area contributed by atoms with E-state index in [2.05, 4.69) is 30.4 Å². The zero-order valence-corrected chi connectivity index (χ0v) is 12.8. The Kier molecular flexibility index (Phi) is 4.42. The number of nitrogens with one attached hydrogen (secondary N) is 1. The van der Waals surface area contributed by atoms with E-state index in [-0.39, 0.29) is 0 Å². The van der Waals surface area contributed by atoms with Crippen LogP contribution >= 0.6 is 0 Å². The van der Waals surface area contributed by atoms with Gasteiger partial charge < -0.3 is 10.1 Å². The molecule has 2 unspecified atom stereocenters. The van der Waals surface area contributed by atoms with Gasteiger partial charge in [0.2, 0.25) is 0 Å². The van der Waals surface area contributed by atoms with Crippen molar-refractivity contribution in [3.63, 3.8) is 0 Å². The van der Waals surface area contributed by atoms with Crippen LogP contribution in [0.4, 0.5) is 0 Å². The lowest BCUT2D eigenvalue weighted by Gasteiger charge is -2.24. The summed E-state index contributed by atoms with van der Waals surface area (Å²) in [5.74, 6) is 0.829. The zero-order chi connectivity index (χ0) is 13.9. The molecule has 2 aliphatic carbocycles. The highest BCUT2D eigenvalue weighted by Gasteiger charge is 2.32. The van der Waals surface area contributed by atoms with Crippen LogP contribution in [0.25, 0.3) is 0 Å². The molecule has 1 aromatic carbocycles. The van der Waals surface area contributed by atoms with E-state index in [4.69, 9.17) is 4.74 Å². The van der Waals surface area contributed by atoms with E-state index in [1.807, 2.05) is 0 Å². The molecule has 0 radical (unpaired) electrons. The predicted octanol–water partition coefficient (Wildman–Crippen LogP) is 3.64. The van der Waals surface area contributed by atoms with Gasteiger partial charge in [0.05, 0.1) is 6.61 Å². The minimum atomic E-state index is 0.419. The lowest BCUT2D eigenvalue weighted by molar-refractivity contribution is 0.152. The molecular formula is C18H27NO. The summed E-state index contributed by atoms with van der Waals surface area (Å²) in [4.78, 5) is 0. The van der Waals surface area contributed by atoms with Crippen molar-refractivity contribution >= 4 is 0 Å². The third-order valence-electron chi connectivity index (χ3n) is 4.87. The monoisotopic (exact) mass is 273 g/mol. The summed E-state index contributed by atoms with van der Waals surface area (Å²) in [5.41, 5.74) is 4.59. The van der Waals surface area contributed by atoms with Gasteiger partial charge in [0.15, 0.2) is 0 Å². The Balaban J connectivity index is 1.68. The molecule has 2 nitrogen and oxygen atoms in total. The molecule has 3 rings (SSSR count). The Morgan fingerprint density at radius 2 is 1.95 bits per heavy atom. The van der Waals surface area contributed by atoms with Gasteiger partial charge in [0.25, 0.3) is 0 Å². The molecule has 0 amide bonds. The van der Waals surface area contributed by atoms with Gasteiger partial charge in [-0.3, -0.25) is 0 Å². The van der Waals surface area contributed by atoms with Crippen LogP contribution in [0.3, 0.4) is 0 Å². The molecule has 0 aliphatic heterocycles. The summed E-state index contributed by atoms with van der Waals surface area (Å²) in [6.45, 7) is 3.12. The van der Waals surface area contributed by atoms with E-state index in [0.29, 0.717) is 12.1 Å². The molecule has 1 saturated carbocycles. The Morgan fingerprint density at radius 3 is 2.65 bits per heavy atom. The number of fused-ring (bicyclic) bond motifs is 1. The number of rotatable bonds is 6. The first-order chi connectivity index (χ1) is 9.78. The van der Waals surface area contributed by atoms with Gasteiger partial charge in [-0.25, -0.2) is 0 Å². The third kappa shape index (κ3) is 3.24. The van der Waals surface area contributed by atoms with Gasteiger partial charge in [-0.1, -0.05) is 18.2 Å². The van der Waals surface area contributed by atoms with Crippen molar-refractivity contribution in [2.75, 3.05) is 13.7 Å². The minimum absolute atomic E-state index is 0.419. The van der Waals surface area contributed by atoms with Crippen LogP contribution in [0.1, 0.15) is 55.3 Å². The zero-order valence-electron chi connectivity index (χ0n) is 12.8. The van der Waals surface area contributed by atoms with Crippen LogP contribution in [0.2, 0.25) is 0 Å². The van der Waals surface area contributed by atoms with Crippen LogP contribution in [-0.4, -0.2) is 19.8 Å². The molecule has 2 atom stereocenters. The Hall–Kier alpha value is -0.860. The first kappa shape index (κ1) is 14.1. The largest absolute Gasteiger partial charge is 0.383 e. The quantitative estimate of drug-likeness (QED) is 0.854. The molecule has 0 bridgehead atoms. The van der Waals surface area contributed by atoms with Crippen LogP contribution in [-0.2, 0) is 17.6 Å². The Bertz CT molecular complexity index is 453. The summed E-state index contributed by atoms with van der Waals surface area (Å²) in [6, 6.07) is 8.04. The van der Waals surface area contributed by atoms with E-state index < -0.39 is 0 Å². The van der Waals surface area contributed by atoms with E-state index in [1.54, 1.807) is 18.2 Å². The highest BCUT2D eigenvalue weighted by atomic mass is 16.5. The summed E-state index contributed by atoms with van der Waals surface area (Å²) >= 11 is 0. The molecule has 0 aromatic heterocycles. The second-order valence-electron chi connectivity index (χ2n) is 6.52. The number of hydrogen-bond donors (Lipinski definition) is 1. The predicted molar refractivity (Wildman–Crippen MR) is 83.0 cm³/mol. The molecule has 2 aliphatic rings. The van der Waals surface area contributed by atoms with Gasteiger partial charge in [0.1, 0.15) is 0 Å². The van der Waals surface area contributed by atoms with Crippen molar-refractivity contribution in [1.29, 1.82) is 0 Å². The maximum Gasteiger partial charge on any atom is 0.0618 e. The van der Waals surface area contributed by atoms with Gasteiger partial charge >= 0.3 is 0 Å². The maximum atomic E-state index is 5.37. The van der Waals surface area contributed by atoms with E-state index in [9.17, 15) is 0 Å². The SMILES string of the molecule is COCC(NC(C)c1ccc2c(c1)CCCC2)C1CC1. The smallest absolute Gasteiger partial charge is 0.0618 e. The fraction of sp³-hybridized carbons (Fsp3) is 0.667. The van der Waals surface area contributed by atoms with Crippen molar-refractivity contribution in [2.45, 2.75) is 57.5 Å². The van der Waals surface area contributed by atoms with Crippen molar-refractivity contribution in [3.05, 3.63) is 34.9 Å². The fourth-order valence-corrected chi connectivity index (χ4v) is 3.44. The lowest BCUT2D eigenvalue weighted by Crippen LogP contribution is -2.37. The first-order valence-electron chi connectivity index (χ1n) is 8.14. The van der Waals surface area contributed by atoms with E-state index in [1.165, 1.54) is 44.1 Å². The molecule has 0 spiro atoms. The molecule has 1 aromatic rings. The molecule has 110 valence electrons. The Morgan fingerprint density at radius 1 is 1.20 bits per heavy atom. The van der Waals surface area contributed by atoms with Gasteiger partial charge in [0, 0.05) is 19.2 Å².